The van der Waals surface area contributed by atoms with E-state index in [1.54, 1.807) is 17.0 Å². The van der Waals surface area contributed by atoms with Crippen LogP contribution in [0.25, 0.3) is 11.1 Å². The molecule has 6 nitrogen and oxygen atoms in total. The molecule has 2 aliphatic rings. The average molecular weight is 570 g/mol. The van der Waals surface area contributed by atoms with E-state index < -0.39 is 23.7 Å². The molecule has 3 atom stereocenters. The smallest absolute Gasteiger partial charge is 0.247 e. The summed E-state index contributed by atoms with van der Waals surface area (Å²) in [5.74, 6) is -1.06. The Balaban J connectivity index is 1.55. The van der Waals surface area contributed by atoms with E-state index in [1.165, 1.54) is 23.3 Å². The normalized spacial score (nSPS) is 19.9. The van der Waals surface area contributed by atoms with Gasteiger partial charge < -0.3 is 15.5 Å². The van der Waals surface area contributed by atoms with Crippen LogP contribution in [-0.2, 0) is 27.2 Å². The predicted octanol–water partition coefficient (Wildman–Crippen LogP) is 5.61. The Hall–Kier alpha value is -4.00. The van der Waals surface area contributed by atoms with Gasteiger partial charge in [0.25, 0.3) is 0 Å². The lowest BCUT2D eigenvalue weighted by molar-refractivity contribution is -0.158. The molecule has 1 heterocycles. The number of fused-ring (bicyclic) bond motifs is 1. The van der Waals surface area contributed by atoms with Crippen molar-refractivity contribution in [2.24, 2.45) is 11.8 Å². The van der Waals surface area contributed by atoms with Crippen molar-refractivity contribution in [3.63, 3.8) is 0 Å². The van der Waals surface area contributed by atoms with Crippen LogP contribution in [0.15, 0.2) is 72.8 Å². The maximum absolute atomic E-state index is 14.5. The summed E-state index contributed by atoms with van der Waals surface area (Å²) >= 11 is 0. The maximum atomic E-state index is 14.5. The summed E-state index contributed by atoms with van der Waals surface area (Å²) in [7, 11) is 0. The largest absolute Gasteiger partial charge is 0.349 e. The van der Waals surface area contributed by atoms with Crippen LogP contribution in [0.5, 0.6) is 0 Å². The minimum atomic E-state index is -1.000. The number of rotatable bonds is 7. The van der Waals surface area contributed by atoms with Crippen molar-refractivity contribution in [3.05, 3.63) is 95.3 Å². The predicted molar refractivity (Wildman–Crippen MR) is 162 cm³/mol. The summed E-state index contributed by atoms with van der Waals surface area (Å²) in [5.41, 5.74) is 4.15. The summed E-state index contributed by atoms with van der Waals surface area (Å²) < 4.78 is 13.5. The quantitative estimate of drug-likeness (QED) is 0.389. The minimum Gasteiger partial charge on any atom is -0.349 e. The first-order chi connectivity index (χ1) is 19.9. The molecule has 0 spiro atoms. The summed E-state index contributed by atoms with van der Waals surface area (Å²) in [6.45, 7) is 9.71. The molecule has 3 aromatic rings. The summed E-state index contributed by atoms with van der Waals surface area (Å²) in [6, 6.07) is 19.3. The van der Waals surface area contributed by atoms with E-state index in [1.807, 2.05) is 71.0 Å². The molecule has 3 amide bonds. The van der Waals surface area contributed by atoms with Crippen LogP contribution < -0.4 is 10.6 Å². The third-order valence-electron chi connectivity index (χ3n) is 8.13. The van der Waals surface area contributed by atoms with Crippen molar-refractivity contribution in [3.8, 4) is 11.1 Å². The van der Waals surface area contributed by atoms with Crippen LogP contribution in [0, 0.1) is 17.7 Å². The summed E-state index contributed by atoms with van der Waals surface area (Å²) in [6.07, 6.45) is 1.82. The van der Waals surface area contributed by atoms with Gasteiger partial charge in [-0.3, -0.25) is 14.4 Å². The molecule has 0 saturated carbocycles. The zero-order valence-corrected chi connectivity index (χ0v) is 25.0. The molecule has 3 aromatic carbocycles. The third kappa shape index (κ3) is 6.25. The molecule has 2 N–H and O–H groups in total. The summed E-state index contributed by atoms with van der Waals surface area (Å²) in [5, 5.41) is 6.13. The van der Waals surface area contributed by atoms with Crippen LogP contribution >= 0.6 is 0 Å². The fourth-order valence-corrected chi connectivity index (χ4v) is 6.25. The molecule has 42 heavy (non-hydrogen) atoms. The van der Waals surface area contributed by atoms with Crippen molar-refractivity contribution >= 4 is 17.7 Å². The SMILES string of the molecule is CC(C)C[C@@H]1C(=O)N[C@H](C2Cc3ccccc3C2)C(=O)N1[C@@H](C(=O)NC(C)(C)C)c1ccc(-c2ccc(F)cc2)cc1. The molecule has 0 unspecified atom stereocenters. The van der Waals surface area contributed by atoms with Crippen LogP contribution in [0.4, 0.5) is 4.39 Å². The molecule has 7 heteroatoms. The Bertz CT molecular complexity index is 1440. The van der Waals surface area contributed by atoms with Crippen molar-refractivity contribution in [1.29, 1.82) is 0 Å². The number of piperazine rings is 1. The van der Waals surface area contributed by atoms with E-state index >= 15 is 0 Å². The molecule has 1 fully saturated rings. The topological polar surface area (TPSA) is 78.5 Å². The number of benzene rings is 3. The van der Waals surface area contributed by atoms with E-state index in [2.05, 4.69) is 22.8 Å². The maximum Gasteiger partial charge on any atom is 0.247 e. The highest BCUT2D eigenvalue weighted by atomic mass is 19.1. The number of hydrogen-bond acceptors (Lipinski definition) is 3. The zero-order chi connectivity index (χ0) is 30.2. The number of nitrogens with one attached hydrogen (secondary N) is 2. The first-order valence-corrected chi connectivity index (χ1v) is 14.8. The molecule has 1 aliphatic heterocycles. The Morgan fingerprint density at radius 3 is 2.00 bits per heavy atom. The third-order valence-corrected chi connectivity index (χ3v) is 8.13. The average Bonchev–Trinajstić information content (AvgIpc) is 3.36. The molecule has 0 radical (unpaired) electrons. The molecule has 1 aliphatic carbocycles. The Kier molecular flexibility index (Phi) is 8.22. The Labute approximate surface area is 247 Å². The number of amides is 3. The van der Waals surface area contributed by atoms with Gasteiger partial charge in [-0.25, -0.2) is 4.39 Å². The second-order valence-corrected chi connectivity index (χ2v) is 13.1. The zero-order valence-electron chi connectivity index (χ0n) is 25.0. The number of hydrogen-bond donors (Lipinski definition) is 2. The van der Waals surface area contributed by atoms with E-state index in [0.29, 0.717) is 24.8 Å². The van der Waals surface area contributed by atoms with E-state index in [-0.39, 0.29) is 35.4 Å². The first kappa shape index (κ1) is 29.5. The van der Waals surface area contributed by atoms with Gasteiger partial charge in [0, 0.05) is 5.54 Å². The number of carbonyl (C=O) groups is 3. The van der Waals surface area contributed by atoms with Gasteiger partial charge in [0.05, 0.1) is 0 Å². The molecule has 0 aromatic heterocycles. The van der Waals surface area contributed by atoms with Crippen LogP contribution in [-0.4, -0.2) is 40.2 Å². The molecular weight excluding hydrogens is 529 g/mol. The lowest BCUT2D eigenvalue weighted by Gasteiger charge is -2.45. The number of carbonyl (C=O) groups excluding carboxylic acids is 3. The van der Waals surface area contributed by atoms with Crippen molar-refractivity contribution < 1.29 is 18.8 Å². The van der Waals surface area contributed by atoms with Crippen LogP contribution in [0.3, 0.4) is 0 Å². The van der Waals surface area contributed by atoms with Gasteiger partial charge >= 0.3 is 0 Å². The van der Waals surface area contributed by atoms with E-state index in [4.69, 9.17) is 0 Å². The highest BCUT2D eigenvalue weighted by Crippen LogP contribution is 2.36. The van der Waals surface area contributed by atoms with E-state index in [0.717, 1.165) is 11.1 Å². The van der Waals surface area contributed by atoms with Crippen LogP contribution in [0.2, 0.25) is 0 Å². The standard InChI is InChI=1S/C35H40FN3O3/c1-21(2)18-29-32(40)37-30(27-19-25-8-6-7-9-26(25)20-27)34(42)39(29)31(33(41)38-35(3,4)5)24-12-10-22(11-13-24)23-14-16-28(36)17-15-23/h6-17,21,27,29-31H,18-20H2,1-5H3,(H,37,40)(H,38,41)/t29-,30-,31-/m1/s1. The van der Waals surface area contributed by atoms with Crippen molar-refractivity contribution in [2.45, 2.75) is 77.5 Å². The minimum absolute atomic E-state index is 0.0893. The molecule has 1 saturated heterocycles. The van der Waals surface area contributed by atoms with Gasteiger partial charge in [-0.05, 0) is 91.8 Å². The number of halogens is 1. The Morgan fingerprint density at radius 2 is 1.48 bits per heavy atom. The van der Waals surface area contributed by atoms with Gasteiger partial charge in [0.2, 0.25) is 17.7 Å². The first-order valence-electron chi connectivity index (χ1n) is 14.8. The van der Waals surface area contributed by atoms with E-state index in [9.17, 15) is 18.8 Å². The van der Waals surface area contributed by atoms with Gasteiger partial charge in [-0.15, -0.1) is 0 Å². The van der Waals surface area contributed by atoms with Gasteiger partial charge in [0.1, 0.15) is 23.9 Å². The molecular formula is C35H40FN3O3. The lowest BCUT2D eigenvalue weighted by Crippen LogP contribution is -2.67. The number of nitrogens with zero attached hydrogens (tertiary/aromatic N) is 1. The van der Waals surface area contributed by atoms with Crippen molar-refractivity contribution in [1.82, 2.24) is 15.5 Å². The second kappa shape index (κ2) is 11.7. The fourth-order valence-electron chi connectivity index (χ4n) is 6.25. The summed E-state index contributed by atoms with van der Waals surface area (Å²) in [4.78, 5) is 43.9. The van der Waals surface area contributed by atoms with Crippen molar-refractivity contribution in [2.75, 3.05) is 0 Å². The van der Waals surface area contributed by atoms with Gasteiger partial charge in [0.15, 0.2) is 0 Å². The van der Waals surface area contributed by atoms with Gasteiger partial charge in [-0.1, -0.05) is 74.5 Å². The molecule has 0 bridgehead atoms. The highest BCUT2D eigenvalue weighted by Gasteiger charge is 2.49. The molecule has 220 valence electrons. The lowest BCUT2D eigenvalue weighted by atomic mass is 9.87. The Morgan fingerprint density at radius 1 is 0.929 bits per heavy atom. The fraction of sp³-hybridized carbons (Fsp3) is 0.400. The van der Waals surface area contributed by atoms with Crippen LogP contribution in [0.1, 0.15) is 63.8 Å². The second-order valence-electron chi connectivity index (χ2n) is 13.1. The molecule has 5 rings (SSSR count). The highest BCUT2D eigenvalue weighted by molar-refractivity contribution is 6.00. The monoisotopic (exact) mass is 569 g/mol. The van der Waals surface area contributed by atoms with Gasteiger partial charge in [-0.2, -0.15) is 0 Å².